The van der Waals surface area contributed by atoms with Gasteiger partial charge in [0.25, 0.3) is 5.91 Å². The minimum absolute atomic E-state index is 0.0921. The maximum atomic E-state index is 12.1. The fourth-order valence-corrected chi connectivity index (χ4v) is 2.68. The Hall–Kier alpha value is -1.55. The van der Waals surface area contributed by atoms with E-state index in [2.05, 4.69) is 12.2 Å². The number of para-hydroxylation sites is 1. The second-order valence-corrected chi connectivity index (χ2v) is 5.30. The van der Waals surface area contributed by atoms with Gasteiger partial charge in [0, 0.05) is 13.1 Å². The normalized spacial score (nSPS) is 18.3. The van der Waals surface area contributed by atoms with E-state index in [1.165, 1.54) is 0 Å². The summed E-state index contributed by atoms with van der Waals surface area (Å²) in [7, 11) is 1.95. The van der Waals surface area contributed by atoms with E-state index in [1.807, 2.05) is 36.2 Å². The van der Waals surface area contributed by atoms with Crippen molar-refractivity contribution in [1.82, 2.24) is 10.2 Å². The molecule has 1 N–H and O–H groups in total. The summed E-state index contributed by atoms with van der Waals surface area (Å²) in [6, 6.07) is 7.91. The summed E-state index contributed by atoms with van der Waals surface area (Å²) in [5.74, 6) is 1.50. The number of likely N-dealkylation sites (tertiary alicyclic amines) is 1. The monoisotopic (exact) mass is 276 g/mol. The lowest BCUT2D eigenvalue weighted by Gasteiger charge is -2.17. The van der Waals surface area contributed by atoms with Crippen LogP contribution >= 0.6 is 0 Å². The predicted octanol–water partition coefficient (Wildman–Crippen LogP) is 1.70. The smallest absolute Gasteiger partial charge is 0.260 e. The van der Waals surface area contributed by atoms with Gasteiger partial charge >= 0.3 is 0 Å². The molecule has 1 aliphatic heterocycles. The highest BCUT2D eigenvalue weighted by atomic mass is 16.5. The van der Waals surface area contributed by atoms with E-state index in [0.717, 1.165) is 43.8 Å². The quantitative estimate of drug-likeness (QED) is 0.860. The lowest BCUT2D eigenvalue weighted by molar-refractivity contribution is -0.132. The second kappa shape index (κ2) is 7.29. The van der Waals surface area contributed by atoms with Gasteiger partial charge in [0.1, 0.15) is 5.75 Å². The first-order chi connectivity index (χ1) is 9.74. The number of ether oxygens (including phenoxy) is 1. The molecule has 1 aliphatic rings. The molecule has 0 saturated carbocycles. The topological polar surface area (TPSA) is 41.6 Å². The molecule has 0 aliphatic carbocycles. The van der Waals surface area contributed by atoms with Crippen LogP contribution in [-0.4, -0.2) is 44.1 Å². The molecule has 110 valence electrons. The molecular formula is C16H24N2O2. The zero-order valence-electron chi connectivity index (χ0n) is 12.4. The van der Waals surface area contributed by atoms with Crippen molar-refractivity contribution in [3.63, 3.8) is 0 Å². The summed E-state index contributed by atoms with van der Waals surface area (Å²) in [5.41, 5.74) is 1.15. The first-order valence-electron chi connectivity index (χ1n) is 7.37. The van der Waals surface area contributed by atoms with Crippen molar-refractivity contribution in [3.05, 3.63) is 29.8 Å². The Morgan fingerprint density at radius 2 is 2.25 bits per heavy atom. The third-order valence-electron chi connectivity index (χ3n) is 3.84. The number of nitrogens with one attached hydrogen (secondary N) is 1. The van der Waals surface area contributed by atoms with Crippen LogP contribution in [0.15, 0.2) is 24.3 Å². The van der Waals surface area contributed by atoms with Gasteiger partial charge in [-0.25, -0.2) is 0 Å². The highest BCUT2D eigenvalue weighted by Crippen LogP contribution is 2.19. The third-order valence-corrected chi connectivity index (χ3v) is 3.84. The molecule has 1 aromatic rings. The van der Waals surface area contributed by atoms with Crippen LogP contribution in [0.4, 0.5) is 0 Å². The van der Waals surface area contributed by atoms with Crippen molar-refractivity contribution in [2.75, 3.05) is 33.3 Å². The summed E-state index contributed by atoms with van der Waals surface area (Å²) in [4.78, 5) is 14.1. The van der Waals surface area contributed by atoms with Crippen molar-refractivity contribution in [1.29, 1.82) is 0 Å². The Kier molecular flexibility index (Phi) is 5.41. The van der Waals surface area contributed by atoms with Crippen LogP contribution < -0.4 is 10.1 Å². The first kappa shape index (κ1) is 14.9. The van der Waals surface area contributed by atoms with Crippen LogP contribution in [0.2, 0.25) is 0 Å². The fourth-order valence-electron chi connectivity index (χ4n) is 2.68. The molecule has 0 radical (unpaired) electrons. The summed E-state index contributed by atoms with van der Waals surface area (Å²) < 4.78 is 5.69. The van der Waals surface area contributed by atoms with Crippen molar-refractivity contribution in [3.8, 4) is 5.75 Å². The molecule has 1 amide bonds. The first-order valence-corrected chi connectivity index (χ1v) is 7.37. The zero-order chi connectivity index (χ0) is 14.4. The van der Waals surface area contributed by atoms with Crippen molar-refractivity contribution in [2.45, 2.75) is 19.8 Å². The summed E-state index contributed by atoms with van der Waals surface area (Å²) in [6.45, 7) is 4.90. The van der Waals surface area contributed by atoms with Gasteiger partial charge in [0.05, 0.1) is 0 Å². The number of amides is 1. The number of nitrogens with zero attached hydrogens (tertiary/aromatic N) is 1. The van der Waals surface area contributed by atoms with Gasteiger partial charge < -0.3 is 15.0 Å². The van der Waals surface area contributed by atoms with E-state index in [0.29, 0.717) is 5.92 Å². The molecule has 1 aromatic carbocycles. The maximum Gasteiger partial charge on any atom is 0.260 e. The third kappa shape index (κ3) is 3.73. The molecule has 1 saturated heterocycles. The standard InChI is InChI=1S/C16H24N2O2/c1-3-14-6-4-5-7-15(14)20-12-16(19)18-9-8-13(11-18)10-17-2/h4-7,13,17H,3,8-12H2,1-2H3/t13-/m0/s1. The van der Waals surface area contributed by atoms with E-state index < -0.39 is 0 Å². The van der Waals surface area contributed by atoms with Gasteiger partial charge in [-0.05, 0) is 44.0 Å². The molecule has 1 fully saturated rings. The summed E-state index contributed by atoms with van der Waals surface area (Å²) in [5, 5.41) is 3.17. The molecule has 0 bridgehead atoms. The van der Waals surface area contributed by atoms with Crippen LogP contribution in [0.5, 0.6) is 5.75 Å². The van der Waals surface area contributed by atoms with Crippen LogP contribution in [-0.2, 0) is 11.2 Å². The Morgan fingerprint density at radius 1 is 1.45 bits per heavy atom. The van der Waals surface area contributed by atoms with E-state index >= 15 is 0 Å². The molecule has 4 nitrogen and oxygen atoms in total. The summed E-state index contributed by atoms with van der Waals surface area (Å²) >= 11 is 0. The van der Waals surface area contributed by atoms with Gasteiger partial charge in [0.15, 0.2) is 6.61 Å². The van der Waals surface area contributed by atoms with Crippen LogP contribution in [0.25, 0.3) is 0 Å². The van der Waals surface area contributed by atoms with Crippen molar-refractivity contribution >= 4 is 5.91 Å². The van der Waals surface area contributed by atoms with Crippen LogP contribution in [0.1, 0.15) is 18.9 Å². The molecule has 4 heteroatoms. The molecule has 20 heavy (non-hydrogen) atoms. The van der Waals surface area contributed by atoms with Gasteiger partial charge in [0.2, 0.25) is 0 Å². The van der Waals surface area contributed by atoms with Gasteiger partial charge in [-0.2, -0.15) is 0 Å². The van der Waals surface area contributed by atoms with E-state index in [1.54, 1.807) is 0 Å². The number of aryl methyl sites for hydroxylation is 1. The Balaban J connectivity index is 1.83. The number of carbonyl (C=O) groups is 1. The Bertz CT molecular complexity index is 448. The number of benzene rings is 1. The largest absolute Gasteiger partial charge is 0.483 e. The number of rotatable bonds is 6. The minimum Gasteiger partial charge on any atom is -0.483 e. The predicted molar refractivity (Wildman–Crippen MR) is 79.9 cm³/mol. The van der Waals surface area contributed by atoms with Crippen LogP contribution in [0, 0.1) is 5.92 Å². The van der Waals surface area contributed by atoms with E-state index in [9.17, 15) is 4.79 Å². The average Bonchev–Trinajstić information content (AvgIpc) is 2.94. The van der Waals surface area contributed by atoms with Gasteiger partial charge in [-0.1, -0.05) is 25.1 Å². The number of carbonyl (C=O) groups excluding carboxylic acids is 1. The lowest BCUT2D eigenvalue weighted by atomic mass is 10.1. The lowest BCUT2D eigenvalue weighted by Crippen LogP contribution is -2.34. The number of hydrogen-bond acceptors (Lipinski definition) is 3. The Morgan fingerprint density at radius 3 is 3.00 bits per heavy atom. The molecule has 2 rings (SSSR count). The fraction of sp³-hybridized carbons (Fsp3) is 0.562. The molecule has 0 unspecified atom stereocenters. The van der Waals surface area contributed by atoms with Crippen molar-refractivity contribution in [2.24, 2.45) is 5.92 Å². The highest BCUT2D eigenvalue weighted by Gasteiger charge is 2.25. The zero-order valence-corrected chi connectivity index (χ0v) is 12.4. The van der Waals surface area contributed by atoms with Crippen molar-refractivity contribution < 1.29 is 9.53 Å². The summed E-state index contributed by atoms with van der Waals surface area (Å²) in [6.07, 6.45) is 2.00. The molecule has 1 atom stereocenters. The second-order valence-electron chi connectivity index (χ2n) is 5.30. The van der Waals surface area contributed by atoms with Gasteiger partial charge in [-0.15, -0.1) is 0 Å². The molecular weight excluding hydrogens is 252 g/mol. The minimum atomic E-state index is 0.0921. The van der Waals surface area contributed by atoms with Gasteiger partial charge in [-0.3, -0.25) is 4.79 Å². The number of hydrogen-bond donors (Lipinski definition) is 1. The van der Waals surface area contributed by atoms with E-state index in [4.69, 9.17) is 4.74 Å². The highest BCUT2D eigenvalue weighted by molar-refractivity contribution is 5.78. The average molecular weight is 276 g/mol. The molecule has 0 spiro atoms. The SMILES string of the molecule is CCc1ccccc1OCC(=O)N1CC[C@@H](CNC)C1. The maximum absolute atomic E-state index is 12.1. The van der Waals surface area contributed by atoms with Crippen LogP contribution in [0.3, 0.4) is 0 Å². The molecule has 0 aromatic heterocycles. The molecule has 1 heterocycles. The Labute approximate surface area is 121 Å². The van der Waals surface area contributed by atoms with E-state index in [-0.39, 0.29) is 12.5 Å².